The summed E-state index contributed by atoms with van der Waals surface area (Å²) >= 11 is 0. The third-order valence-corrected chi connectivity index (χ3v) is 3.55. The molecule has 0 aliphatic rings. The van der Waals surface area contributed by atoms with Crippen molar-refractivity contribution in [3.8, 4) is 28.3 Å². The van der Waals surface area contributed by atoms with Crippen LogP contribution in [0.25, 0.3) is 33.5 Å². The van der Waals surface area contributed by atoms with Gasteiger partial charge in [0.25, 0.3) is 0 Å². The van der Waals surface area contributed by atoms with Crippen molar-refractivity contribution >= 4 is 10.9 Å². The first-order valence-corrected chi connectivity index (χ1v) is 6.64. The van der Waals surface area contributed by atoms with Gasteiger partial charge in [0, 0.05) is 22.5 Å². The third kappa shape index (κ3) is 1.89. The number of benzene rings is 2. The van der Waals surface area contributed by atoms with Gasteiger partial charge in [-0.2, -0.15) is 0 Å². The molecule has 0 bridgehead atoms. The van der Waals surface area contributed by atoms with Gasteiger partial charge in [0.1, 0.15) is 5.75 Å². The van der Waals surface area contributed by atoms with Gasteiger partial charge in [-0.05, 0) is 23.8 Å². The molecular weight excluding hydrogens is 264 g/mol. The van der Waals surface area contributed by atoms with Crippen molar-refractivity contribution in [2.24, 2.45) is 0 Å². The number of hydrogen-bond acceptors (Lipinski definition) is 3. The summed E-state index contributed by atoms with van der Waals surface area (Å²) in [5, 5.41) is 14.4. The fraction of sp³-hybridized carbons (Fsp3) is 0. The van der Waals surface area contributed by atoms with Crippen molar-refractivity contribution < 1.29 is 9.63 Å². The van der Waals surface area contributed by atoms with Gasteiger partial charge in [0.15, 0.2) is 5.76 Å². The summed E-state index contributed by atoms with van der Waals surface area (Å²) in [7, 11) is 0. The van der Waals surface area contributed by atoms with Crippen LogP contribution in [0.4, 0.5) is 0 Å². The highest BCUT2D eigenvalue weighted by Crippen LogP contribution is 2.38. The minimum atomic E-state index is 0.250. The number of aromatic amines is 1. The first kappa shape index (κ1) is 11.8. The number of rotatable bonds is 2. The quantitative estimate of drug-likeness (QED) is 0.577. The fourth-order valence-corrected chi connectivity index (χ4v) is 2.60. The van der Waals surface area contributed by atoms with E-state index in [9.17, 15) is 5.11 Å². The van der Waals surface area contributed by atoms with Crippen LogP contribution < -0.4 is 0 Å². The molecule has 0 fully saturated rings. The minimum absolute atomic E-state index is 0.250. The number of aromatic hydroxyl groups is 1. The van der Waals surface area contributed by atoms with E-state index in [0.29, 0.717) is 5.76 Å². The lowest BCUT2D eigenvalue weighted by Crippen LogP contribution is -1.80. The lowest BCUT2D eigenvalue weighted by molar-refractivity contribution is 0.431. The summed E-state index contributed by atoms with van der Waals surface area (Å²) in [4.78, 5) is 3.38. The van der Waals surface area contributed by atoms with E-state index in [2.05, 4.69) is 16.2 Å². The van der Waals surface area contributed by atoms with E-state index in [4.69, 9.17) is 4.52 Å². The monoisotopic (exact) mass is 276 g/mol. The molecule has 0 spiro atoms. The Kier molecular flexibility index (Phi) is 2.54. The van der Waals surface area contributed by atoms with Crippen molar-refractivity contribution in [1.82, 2.24) is 10.1 Å². The van der Waals surface area contributed by atoms with Gasteiger partial charge >= 0.3 is 0 Å². The van der Waals surface area contributed by atoms with Crippen LogP contribution in [0.1, 0.15) is 0 Å². The van der Waals surface area contributed by atoms with Crippen molar-refractivity contribution in [3.05, 3.63) is 60.8 Å². The van der Waals surface area contributed by atoms with Crippen LogP contribution >= 0.6 is 0 Å². The molecule has 4 heteroatoms. The topological polar surface area (TPSA) is 62.1 Å². The normalized spacial score (nSPS) is 11.0. The predicted octanol–water partition coefficient (Wildman–Crippen LogP) is 4.20. The number of nitrogens with one attached hydrogen (secondary N) is 1. The highest BCUT2D eigenvalue weighted by atomic mass is 16.5. The van der Waals surface area contributed by atoms with Gasteiger partial charge < -0.3 is 14.6 Å². The average Bonchev–Trinajstić information content (AvgIpc) is 3.15. The molecule has 0 aliphatic heterocycles. The predicted molar refractivity (Wildman–Crippen MR) is 80.9 cm³/mol. The number of phenols is 1. The van der Waals surface area contributed by atoms with E-state index in [1.807, 2.05) is 36.4 Å². The minimum Gasteiger partial charge on any atom is -0.508 e. The maximum Gasteiger partial charge on any atom is 0.183 e. The Labute approximate surface area is 120 Å². The Bertz CT molecular complexity index is 890. The molecule has 2 aromatic heterocycles. The summed E-state index contributed by atoms with van der Waals surface area (Å²) in [6, 6.07) is 17.1. The molecule has 4 nitrogen and oxygen atoms in total. The SMILES string of the molecule is Oc1ccc(-c2c(-c3ccno3)[nH]c3ccccc23)cc1. The molecule has 102 valence electrons. The van der Waals surface area contributed by atoms with E-state index >= 15 is 0 Å². The van der Waals surface area contributed by atoms with Crippen LogP contribution in [0.3, 0.4) is 0 Å². The molecule has 2 N–H and O–H groups in total. The molecule has 2 aromatic carbocycles. The Morgan fingerprint density at radius 1 is 0.952 bits per heavy atom. The van der Waals surface area contributed by atoms with Crippen LogP contribution in [0.5, 0.6) is 5.75 Å². The summed E-state index contributed by atoms with van der Waals surface area (Å²) < 4.78 is 5.30. The Balaban J connectivity index is 2.05. The molecule has 0 aliphatic carbocycles. The maximum atomic E-state index is 9.48. The van der Waals surface area contributed by atoms with Crippen LogP contribution in [0, 0.1) is 0 Å². The highest BCUT2D eigenvalue weighted by Gasteiger charge is 2.16. The molecule has 0 unspecified atom stereocenters. The molecule has 2 heterocycles. The van der Waals surface area contributed by atoms with Crippen molar-refractivity contribution in [2.75, 3.05) is 0 Å². The van der Waals surface area contributed by atoms with E-state index in [-0.39, 0.29) is 5.75 Å². The first-order chi connectivity index (χ1) is 10.3. The number of H-pyrrole nitrogens is 1. The number of aromatic nitrogens is 2. The Hall–Kier alpha value is -3.01. The van der Waals surface area contributed by atoms with Crippen LogP contribution in [-0.2, 0) is 0 Å². The Morgan fingerprint density at radius 2 is 1.76 bits per heavy atom. The molecule has 0 saturated heterocycles. The van der Waals surface area contributed by atoms with Crippen LogP contribution in [-0.4, -0.2) is 15.2 Å². The van der Waals surface area contributed by atoms with E-state index in [1.165, 1.54) is 0 Å². The Morgan fingerprint density at radius 3 is 2.52 bits per heavy atom. The van der Waals surface area contributed by atoms with Crippen molar-refractivity contribution in [3.63, 3.8) is 0 Å². The van der Waals surface area contributed by atoms with Gasteiger partial charge in [-0.1, -0.05) is 35.5 Å². The number of fused-ring (bicyclic) bond motifs is 1. The highest BCUT2D eigenvalue weighted by molar-refractivity contribution is 6.03. The van der Waals surface area contributed by atoms with E-state index in [0.717, 1.165) is 27.7 Å². The van der Waals surface area contributed by atoms with Crippen molar-refractivity contribution in [2.45, 2.75) is 0 Å². The number of phenolic OH excluding ortho intramolecular Hbond substituents is 1. The smallest absolute Gasteiger partial charge is 0.183 e. The maximum absolute atomic E-state index is 9.48. The van der Waals surface area contributed by atoms with E-state index < -0.39 is 0 Å². The van der Waals surface area contributed by atoms with Crippen molar-refractivity contribution in [1.29, 1.82) is 0 Å². The van der Waals surface area contributed by atoms with E-state index in [1.54, 1.807) is 18.3 Å². The first-order valence-electron chi connectivity index (χ1n) is 6.64. The van der Waals surface area contributed by atoms with Crippen LogP contribution in [0.15, 0.2) is 65.3 Å². The average molecular weight is 276 g/mol. The molecule has 4 aromatic rings. The van der Waals surface area contributed by atoms with Crippen LogP contribution in [0.2, 0.25) is 0 Å². The van der Waals surface area contributed by atoms with Gasteiger partial charge in [-0.15, -0.1) is 0 Å². The number of nitrogens with zero attached hydrogens (tertiary/aromatic N) is 1. The number of hydrogen-bond donors (Lipinski definition) is 2. The summed E-state index contributed by atoms with van der Waals surface area (Å²) in [5.74, 6) is 0.939. The van der Waals surface area contributed by atoms with Gasteiger partial charge in [0.05, 0.1) is 11.9 Å². The second-order valence-corrected chi connectivity index (χ2v) is 4.84. The van der Waals surface area contributed by atoms with Gasteiger partial charge in [-0.25, -0.2) is 0 Å². The third-order valence-electron chi connectivity index (χ3n) is 3.55. The summed E-state index contributed by atoms with van der Waals surface area (Å²) in [6.07, 6.45) is 1.63. The molecule has 0 atom stereocenters. The zero-order chi connectivity index (χ0) is 14.2. The second kappa shape index (κ2) is 4.52. The van der Waals surface area contributed by atoms with Gasteiger partial charge in [0.2, 0.25) is 0 Å². The molecule has 0 amide bonds. The zero-order valence-corrected chi connectivity index (χ0v) is 11.1. The lowest BCUT2D eigenvalue weighted by atomic mass is 10.0. The van der Waals surface area contributed by atoms with Gasteiger partial charge in [-0.3, -0.25) is 0 Å². The molecular formula is C17H12N2O2. The lowest BCUT2D eigenvalue weighted by Gasteiger charge is -2.03. The molecule has 4 rings (SSSR count). The largest absolute Gasteiger partial charge is 0.508 e. The number of para-hydroxylation sites is 1. The summed E-state index contributed by atoms with van der Waals surface area (Å²) in [5.41, 5.74) is 3.98. The second-order valence-electron chi connectivity index (χ2n) is 4.84. The summed E-state index contributed by atoms with van der Waals surface area (Å²) in [6.45, 7) is 0. The molecule has 21 heavy (non-hydrogen) atoms. The molecule has 0 saturated carbocycles. The standard InChI is InChI=1S/C17H12N2O2/c20-12-7-5-11(6-8-12)16-13-3-1-2-4-14(13)19-17(16)15-9-10-18-21-15/h1-10,19-20H. The fourth-order valence-electron chi connectivity index (χ4n) is 2.60. The molecule has 0 radical (unpaired) electrons. The zero-order valence-electron chi connectivity index (χ0n) is 11.1.